The second-order valence-electron chi connectivity index (χ2n) is 6.52. The molecular weight excluding hydrogens is 260 g/mol. The lowest BCUT2D eigenvalue weighted by molar-refractivity contribution is -0.0417. The van der Waals surface area contributed by atoms with Crippen LogP contribution in [0, 0.1) is 5.41 Å². The van der Waals surface area contributed by atoms with Crippen molar-refractivity contribution in [2.24, 2.45) is 5.41 Å². The summed E-state index contributed by atoms with van der Waals surface area (Å²) in [5.74, 6) is -2.72. The molecule has 0 radical (unpaired) electrons. The molecule has 1 aliphatic heterocycles. The number of nitrogens with zero attached hydrogens (tertiary/aromatic N) is 1. The van der Waals surface area contributed by atoms with Gasteiger partial charge in [-0.15, -0.1) is 0 Å². The van der Waals surface area contributed by atoms with E-state index in [0.717, 1.165) is 0 Å². The highest BCUT2D eigenvalue weighted by Gasteiger charge is 2.49. The van der Waals surface area contributed by atoms with Gasteiger partial charge in [0.15, 0.2) is 0 Å². The van der Waals surface area contributed by atoms with Crippen molar-refractivity contribution >= 4 is 10.0 Å². The fourth-order valence-electron chi connectivity index (χ4n) is 1.76. The first-order valence-electron chi connectivity index (χ1n) is 6.19. The van der Waals surface area contributed by atoms with Gasteiger partial charge in [-0.1, -0.05) is 20.8 Å². The third kappa shape index (κ3) is 2.69. The predicted molar refractivity (Wildman–Crippen MR) is 68.2 cm³/mol. The van der Waals surface area contributed by atoms with Gasteiger partial charge in [0.1, 0.15) is 0 Å². The van der Waals surface area contributed by atoms with E-state index in [9.17, 15) is 17.2 Å². The zero-order valence-corrected chi connectivity index (χ0v) is 12.6. The third-order valence-electron chi connectivity index (χ3n) is 4.24. The quantitative estimate of drug-likeness (QED) is 0.781. The maximum atomic E-state index is 13.1. The normalized spacial score (nSPS) is 23.1. The maximum absolute atomic E-state index is 13.1. The molecule has 0 aromatic heterocycles. The highest BCUT2D eigenvalue weighted by molar-refractivity contribution is 7.90. The maximum Gasteiger partial charge on any atom is 0.250 e. The minimum atomic E-state index is -3.57. The van der Waals surface area contributed by atoms with E-state index in [1.54, 1.807) is 13.8 Å². The van der Waals surface area contributed by atoms with Crippen molar-refractivity contribution in [3.8, 4) is 0 Å². The van der Waals surface area contributed by atoms with Crippen LogP contribution in [0.1, 0.15) is 47.5 Å². The molecule has 0 bridgehead atoms. The van der Waals surface area contributed by atoms with Crippen molar-refractivity contribution in [1.82, 2.24) is 4.31 Å². The Kier molecular flexibility index (Phi) is 3.87. The van der Waals surface area contributed by atoms with Crippen molar-refractivity contribution in [2.75, 3.05) is 13.1 Å². The molecule has 3 nitrogen and oxygen atoms in total. The smallest absolute Gasteiger partial charge is 0.212 e. The molecule has 0 aromatic carbocycles. The fourth-order valence-corrected chi connectivity index (χ4v) is 3.85. The summed E-state index contributed by atoms with van der Waals surface area (Å²) >= 11 is 0. The summed E-state index contributed by atoms with van der Waals surface area (Å²) in [6.07, 6.45) is -0.765. The highest BCUT2D eigenvalue weighted by Crippen LogP contribution is 2.40. The summed E-state index contributed by atoms with van der Waals surface area (Å²) in [6.45, 7) is 8.70. The van der Waals surface area contributed by atoms with Gasteiger partial charge >= 0.3 is 0 Å². The molecule has 0 atom stereocenters. The van der Waals surface area contributed by atoms with Crippen LogP contribution in [0.2, 0.25) is 0 Å². The van der Waals surface area contributed by atoms with Gasteiger partial charge in [-0.3, -0.25) is 0 Å². The minimum Gasteiger partial charge on any atom is -0.212 e. The van der Waals surface area contributed by atoms with E-state index in [0.29, 0.717) is 0 Å². The second kappa shape index (κ2) is 4.40. The molecular formula is C12H23F2NO2S. The number of sulfonamides is 1. The summed E-state index contributed by atoms with van der Waals surface area (Å²) < 4.78 is 51.5. The van der Waals surface area contributed by atoms with Gasteiger partial charge in [-0.25, -0.2) is 21.5 Å². The molecule has 0 aromatic rings. The monoisotopic (exact) mass is 283 g/mol. The van der Waals surface area contributed by atoms with Crippen LogP contribution in [-0.4, -0.2) is 36.5 Å². The van der Waals surface area contributed by atoms with E-state index >= 15 is 0 Å². The summed E-state index contributed by atoms with van der Waals surface area (Å²) in [7, 11) is -3.57. The van der Waals surface area contributed by atoms with Crippen molar-refractivity contribution in [1.29, 1.82) is 0 Å². The van der Waals surface area contributed by atoms with Crippen LogP contribution in [0.3, 0.4) is 0 Å². The lowest BCUT2D eigenvalue weighted by atomic mass is 9.83. The van der Waals surface area contributed by atoms with Crippen LogP contribution in [0.4, 0.5) is 8.78 Å². The van der Waals surface area contributed by atoms with Gasteiger partial charge in [0.2, 0.25) is 10.0 Å². The molecule has 0 saturated carbocycles. The van der Waals surface area contributed by atoms with E-state index in [-0.39, 0.29) is 25.9 Å². The zero-order valence-electron chi connectivity index (χ0n) is 11.8. The topological polar surface area (TPSA) is 37.4 Å². The molecule has 0 aliphatic carbocycles. The number of hydrogen-bond acceptors (Lipinski definition) is 2. The molecule has 1 heterocycles. The van der Waals surface area contributed by atoms with Crippen molar-refractivity contribution in [2.45, 2.75) is 58.1 Å². The summed E-state index contributed by atoms with van der Waals surface area (Å²) in [4.78, 5) is 0. The van der Waals surface area contributed by atoms with Gasteiger partial charge in [0.05, 0.1) is 4.75 Å². The number of rotatable bonds is 2. The predicted octanol–water partition coefficient (Wildman–Crippen LogP) is 2.87. The van der Waals surface area contributed by atoms with Crippen LogP contribution >= 0.6 is 0 Å². The number of hydrogen-bond donors (Lipinski definition) is 0. The number of alkyl halides is 2. The van der Waals surface area contributed by atoms with E-state index in [1.165, 1.54) is 4.31 Å². The first kappa shape index (κ1) is 15.8. The summed E-state index contributed by atoms with van der Waals surface area (Å²) in [6, 6.07) is 0. The first-order chi connectivity index (χ1) is 7.81. The molecule has 1 fully saturated rings. The van der Waals surface area contributed by atoms with Crippen LogP contribution in [0.15, 0.2) is 0 Å². The minimum absolute atomic E-state index is 0.0884. The van der Waals surface area contributed by atoms with Gasteiger partial charge in [0, 0.05) is 25.9 Å². The van der Waals surface area contributed by atoms with Crippen molar-refractivity contribution in [3.05, 3.63) is 0 Å². The molecule has 0 unspecified atom stereocenters. The van der Waals surface area contributed by atoms with Gasteiger partial charge < -0.3 is 0 Å². The van der Waals surface area contributed by atoms with Crippen LogP contribution < -0.4 is 0 Å². The molecule has 18 heavy (non-hydrogen) atoms. The first-order valence-corrected chi connectivity index (χ1v) is 7.63. The highest BCUT2D eigenvalue weighted by atomic mass is 32.2. The zero-order chi connectivity index (χ0) is 14.4. The fraction of sp³-hybridized carbons (Fsp3) is 1.00. The molecule has 108 valence electrons. The van der Waals surface area contributed by atoms with E-state index in [1.807, 2.05) is 20.8 Å². The summed E-state index contributed by atoms with van der Waals surface area (Å²) in [5.41, 5.74) is -0.453. The lowest BCUT2D eigenvalue weighted by Gasteiger charge is -2.43. The van der Waals surface area contributed by atoms with Crippen LogP contribution in [0.5, 0.6) is 0 Å². The Morgan fingerprint density at radius 2 is 1.39 bits per heavy atom. The Hall–Kier alpha value is -0.230. The average Bonchev–Trinajstić information content (AvgIpc) is 2.14. The summed E-state index contributed by atoms with van der Waals surface area (Å²) in [5, 5.41) is 0. The van der Waals surface area contributed by atoms with Gasteiger partial charge in [-0.05, 0) is 19.3 Å². The molecule has 1 rings (SSSR count). The van der Waals surface area contributed by atoms with Crippen molar-refractivity contribution in [3.63, 3.8) is 0 Å². The van der Waals surface area contributed by atoms with Gasteiger partial charge in [0.25, 0.3) is 5.92 Å². The Morgan fingerprint density at radius 3 is 1.72 bits per heavy atom. The van der Waals surface area contributed by atoms with Crippen LogP contribution in [0.25, 0.3) is 0 Å². The van der Waals surface area contributed by atoms with E-state index in [4.69, 9.17) is 0 Å². The van der Waals surface area contributed by atoms with Gasteiger partial charge in [-0.2, -0.15) is 0 Å². The number of halogens is 2. The second-order valence-corrected chi connectivity index (χ2v) is 9.01. The lowest BCUT2D eigenvalue weighted by Crippen LogP contribution is -2.54. The largest absolute Gasteiger partial charge is 0.250 e. The Morgan fingerprint density at radius 1 is 1.00 bits per heavy atom. The molecule has 6 heteroatoms. The van der Waals surface area contributed by atoms with E-state index < -0.39 is 26.1 Å². The molecule has 0 N–H and O–H groups in total. The average molecular weight is 283 g/mol. The molecule has 0 amide bonds. The SMILES string of the molecule is CC(C)(C)C(C)(C)S(=O)(=O)N1CCC(F)(F)CC1. The number of piperidine rings is 1. The third-order valence-corrected chi connectivity index (χ3v) is 7.19. The van der Waals surface area contributed by atoms with Crippen molar-refractivity contribution < 1.29 is 17.2 Å². The Labute approximate surface area is 109 Å². The molecule has 0 spiro atoms. The van der Waals surface area contributed by atoms with E-state index in [2.05, 4.69) is 0 Å². The Bertz CT molecular complexity index is 400. The standard InChI is InChI=1S/C12H23F2NO2S/c1-10(2,3)11(4,5)18(16,17)15-8-6-12(13,14)7-9-15/h6-9H2,1-5H3. The molecule has 1 saturated heterocycles. The Balaban J connectivity index is 2.97. The van der Waals surface area contributed by atoms with Crippen LogP contribution in [-0.2, 0) is 10.0 Å². The molecule has 1 aliphatic rings.